The number of rotatable bonds is 6. The zero-order chi connectivity index (χ0) is 32.5. The number of hydrogen-bond donors (Lipinski definition) is 4. The molecule has 0 spiro atoms. The molecule has 2 aromatic rings. The van der Waals surface area contributed by atoms with Gasteiger partial charge < -0.3 is 20.4 Å². The van der Waals surface area contributed by atoms with E-state index in [2.05, 4.69) is 32.0 Å². The molecule has 4 atom stereocenters. The van der Waals surface area contributed by atoms with E-state index < -0.39 is 56.8 Å². The van der Waals surface area contributed by atoms with E-state index >= 15 is 0 Å². The molecule has 3 aliphatic rings. The van der Waals surface area contributed by atoms with Crippen LogP contribution in [0.4, 0.5) is 0 Å². The van der Waals surface area contributed by atoms with Gasteiger partial charge >= 0.3 is 0 Å². The average molecular weight is 599 g/mol. The monoisotopic (exact) mass is 598 g/mol. The zero-order valence-corrected chi connectivity index (χ0v) is 26.5. The molecule has 1 fully saturated rings. The van der Waals surface area contributed by atoms with Gasteiger partial charge in [-0.15, -0.1) is 0 Å². The number of phenols is 1. The standard InChI is InChI=1S/C37H42O7/c1-8-22-11-9-12-23(20(22)4)13-10-14-24-15-16-26(39)28-25(24)17-35(6)18-36(7)29(19(2)3)31(40)27(21(5)38)33(42)37(36,44)34(43)30(35)32(28)41/h9-12,14-16,19,29,39,41-42,44H,8,13,17-18H2,1-7H3/b14-10-/t29?,35-,36-,37+/m1/s1. The maximum Gasteiger partial charge on any atom is 0.203 e. The van der Waals surface area contributed by atoms with Crippen LogP contribution in [0.15, 0.2) is 53.3 Å². The van der Waals surface area contributed by atoms with Crippen LogP contribution < -0.4 is 0 Å². The van der Waals surface area contributed by atoms with Crippen LogP contribution in [-0.2, 0) is 33.6 Å². The average Bonchev–Trinajstić information content (AvgIpc) is 2.92. The molecule has 44 heavy (non-hydrogen) atoms. The van der Waals surface area contributed by atoms with E-state index in [4.69, 9.17) is 0 Å². The Balaban J connectivity index is 1.67. The van der Waals surface area contributed by atoms with Crippen molar-refractivity contribution < 1.29 is 34.8 Å². The highest BCUT2D eigenvalue weighted by Gasteiger charge is 2.72. The second-order valence-electron chi connectivity index (χ2n) is 13.6. The van der Waals surface area contributed by atoms with Gasteiger partial charge in [-0.25, -0.2) is 0 Å². The van der Waals surface area contributed by atoms with Gasteiger partial charge in [0.15, 0.2) is 17.2 Å². The molecule has 232 valence electrons. The second kappa shape index (κ2) is 10.6. The lowest BCUT2D eigenvalue weighted by Gasteiger charge is -2.59. The van der Waals surface area contributed by atoms with Gasteiger partial charge in [0.05, 0.1) is 5.56 Å². The van der Waals surface area contributed by atoms with Crippen LogP contribution in [0.1, 0.15) is 81.3 Å². The first-order valence-electron chi connectivity index (χ1n) is 15.3. The van der Waals surface area contributed by atoms with E-state index in [1.807, 2.05) is 19.1 Å². The summed E-state index contributed by atoms with van der Waals surface area (Å²) in [7, 11) is 0. The third-order valence-corrected chi connectivity index (χ3v) is 10.5. The summed E-state index contributed by atoms with van der Waals surface area (Å²) < 4.78 is 0. The van der Waals surface area contributed by atoms with Crippen molar-refractivity contribution in [3.63, 3.8) is 0 Å². The van der Waals surface area contributed by atoms with Gasteiger partial charge in [-0.05, 0) is 79.3 Å². The van der Waals surface area contributed by atoms with E-state index in [9.17, 15) is 34.8 Å². The third kappa shape index (κ3) is 4.23. The number of allylic oxidation sites excluding steroid dienone is 2. The van der Waals surface area contributed by atoms with Crippen molar-refractivity contribution in [2.45, 2.75) is 79.8 Å². The first-order valence-corrected chi connectivity index (χ1v) is 15.3. The lowest BCUT2D eigenvalue weighted by Crippen LogP contribution is -2.69. The van der Waals surface area contributed by atoms with Gasteiger partial charge in [0.25, 0.3) is 0 Å². The van der Waals surface area contributed by atoms with Crippen LogP contribution in [0.25, 0.3) is 11.8 Å². The largest absolute Gasteiger partial charge is 0.508 e. The Labute approximate surface area is 258 Å². The van der Waals surface area contributed by atoms with Crippen LogP contribution in [-0.4, -0.2) is 43.4 Å². The number of aromatic hydroxyl groups is 1. The molecule has 7 nitrogen and oxygen atoms in total. The minimum Gasteiger partial charge on any atom is -0.508 e. The molecule has 0 aliphatic heterocycles. The van der Waals surface area contributed by atoms with Gasteiger partial charge in [-0.2, -0.15) is 0 Å². The first-order chi connectivity index (χ1) is 20.5. The molecule has 3 aliphatic carbocycles. The molecule has 0 heterocycles. The fourth-order valence-electron chi connectivity index (χ4n) is 8.55. The number of fused-ring (bicyclic) bond motifs is 3. The van der Waals surface area contributed by atoms with Crippen molar-refractivity contribution in [3.05, 3.63) is 86.7 Å². The predicted molar refractivity (Wildman–Crippen MR) is 169 cm³/mol. The van der Waals surface area contributed by atoms with Crippen molar-refractivity contribution in [2.75, 3.05) is 0 Å². The van der Waals surface area contributed by atoms with E-state index in [-0.39, 0.29) is 35.6 Å². The summed E-state index contributed by atoms with van der Waals surface area (Å²) >= 11 is 0. The minimum absolute atomic E-state index is 0.0622. The van der Waals surface area contributed by atoms with Gasteiger partial charge in [0, 0.05) is 22.3 Å². The number of benzene rings is 2. The molecule has 5 rings (SSSR count). The molecule has 7 heteroatoms. The number of ketones is 3. The molecule has 1 unspecified atom stereocenters. The molecule has 1 saturated carbocycles. The van der Waals surface area contributed by atoms with Crippen molar-refractivity contribution in [1.29, 1.82) is 0 Å². The summed E-state index contributed by atoms with van der Waals surface area (Å²) in [5.41, 5.74) is -0.586. The summed E-state index contributed by atoms with van der Waals surface area (Å²) in [6, 6.07) is 9.52. The molecule has 0 amide bonds. The Morgan fingerprint density at radius 1 is 1.07 bits per heavy atom. The Morgan fingerprint density at radius 2 is 1.73 bits per heavy atom. The lowest BCUT2D eigenvalue weighted by atomic mass is 9.43. The topological polar surface area (TPSA) is 132 Å². The Bertz CT molecular complexity index is 1710. The van der Waals surface area contributed by atoms with Gasteiger partial charge in [0.2, 0.25) is 5.78 Å². The number of carbonyl (C=O) groups is 3. The Hall–Kier alpha value is -3.97. The Morgan fingerprint density at radius 3 is 2.34 bits per heavy atom. The minimum atomic E-state index is -2.62. The van der Waals surface area contributed by atoms with E-state index in [1.165, 1.54) is 22.8 Å². The molecule has 4 N–H and O–H groups in total. The highest BCUT2D eigenvalue weighted by molar-refractivity contribution is 6.24. The quantitative estimate of drug-likeness (QED) is 0.286. The molecule has 2 aromatic carbocycles. The Kier molecular flexibility index (Phi) is 7.57. The number of hydrogen-bond acceptors (Lipinski definition) is 7. The summed E-state index contributed by atoms with van der Waals surface area (Å²) in [5, 5.41) is 46.1. The lowest BCUT2D eigenvalue weighted by molar-refractivity contribution is -0.178. The SMILES string of the molecule is CCc1cccc(C/C=C\c2ccc(O)c3c2C[C@]2(C)C[C@]4(C)C(C(C)C)C(=O)C(C(C)=O)=C(O)[C@]4(O)C(=O)C2=C3O)c1C. The van der Waals surface area contributed by atoms with E-state index in [1.54, 1.807) is 26.8 Å². The van der Waals surface area contributed by atoms with Crippen LogP contribution in [0.2, 0.25) is 0 Å². The number of aryl methyl sites for hydroxylation is 1. The summed E-state index contributed by atoms with van der Waals surface area (Å²) in [4.78, 5) is 40.7. The normalized spacial score (nSPS) is 28.4. The van der Waals surface area contributed by atoms with E-state index in [0.717, 1.165) is 18.9 Å². The smallest absolute Gasteiger partial charge is 0.203 e. The molecular formula is C37H42O7. The predicted octanol–water partition coefficient (Wildman–Crippen LogP) is 6.32. The van der Waals surface area contributed by atoms with Crippen LogP contribution in [0, 0.1) is 29.6 Å². The fraction of sp³-hybridized carbons (Fsp3) is 0.432. The molecular weight excluding hydrogens is 556 g/mol. The molecule has 0 radical (unpaired) electrons. The number of carbonyl (C=O) groups excluding carboxylic acids is 3. The fourth-order valence-corrected chi connectivity index (χ4v) is 8.55. The summed E-state index contributed by atoms with van der Waals surface area (Å²) in [6.45, 7) is 12.4. The highest BCUT2D eigenvalue weighted by Crippen LogP contribution is 2.65. The zero-order valence-electron chi connectivity index (χ0n) is 26.5. The highest BCUT2D eigenvalue weighted by atomic mass is 16.3. The van der Waals surface area contributed by atoms with Crippen molar-refractivity contribution >= 4 is 29.2 Å². The van der Waals surface area contributed by atoms with E-state index in [0.29, 0.717) is 12.0 Å². The number of aliphatic hydroxyl groups is 3. The first kappa shape index (κ1) is 31.5. The number of Topliss-reactive ketones (excluding diaryl/α,β-unsaturated/α-hetero) is 3. The van der Waals surface area contributed by atoms with Crippen molar-refractivity contribution in [2.24, 2.45) is 22.7 Å². The molecule has 0 bridgehead atoms. The van der Waals surface area contributed by atoms with Gasteiger partial charge in [-0.3, -0.25) is 14.4 Å². The van der Waals surface area contributed by atoms with Crippen molar-refractivity contribution in [1.82, 2.24) is 0 Å². The van der Waals surface area contributed by atoms with Crippen LogP contribution in [0.5, 0.6) is 5.75 Å². The maximum atomic E-state index is 14.4. The second-order valence-corrected chi connectivity index (χ2v) is 13.6. The summed E-state index contributed by atoms with van der Waals surface area (Å²) in [6.07, 6.45) is 5.93. The van der Waals surface area contributed by atoms with Gasteiger partial charge in [-0.1, -0.05) is 71.0 Å². The maximum absolute atomic E-state index is 14.4. The summed E-state index contributed by atoms with van der Waals surface area (Å²) in [5.74, 6) is -5.26. The third-order valence-electron chi connectivity index (χ3n) is 10.5. The van der Waals surface area contributed by atoms with Crippen LogP contribution >= 0.6 is 0 Å². The van der Waals surface area contributed by atoms with Crippen molar-refractivity contribution in [3.8, 4) is 5.75 Å². The van der Waals surface area contributed by atoms with Crippen LogP contribution in [0.3, 0.4) is 0 Å². The molecule has 0 saturated heterocycles. The number of aliphatic hydroxyl groups excluding tert-OH is 2. The van der Waals surface area contributed by atoms with Gasteiger partial charge in [0.1, 0.15) is 22.8 Å². The number of phenolic OH excluding ortho intramolecular Hbond substituents is 1. The molecule has 0 aromatic heterocycles.